The average Bonchev–Trinajstić information content (AvgIpc) is 2.55. The summed E-state index contributed by atoms with van der Waals surface area (Å²) in [5.74, 6) is 0. The van der Waals surface area contributed by atoms with Crippen molar-refractivity contribution in [3.05, 3.63) is 59.2 Å². The summed E-state index contributed by atoms with van der Waals surface area (Å²) in [6.45, 7) is 4.60. The van der Waals surface area contributed by atoms with Gasteiger partial charge in [0.15, 0.2) is 0 Å². The van der Waals surface area contributed by atoms with Gasteiger partial charge in [-0.05, 0) is 42.2 Å². The predicted molar refractivity (Wildman–Crippen MR) is 97.2 cm³/mol. The van der Waals surface area contributed by atoms with E-state index in [9.17, 15) is 4.79 Å². The van der Waals surface area contributed by atoms with Crippen LogP contribution in [0.4, 0.5) is 16.2 Å². The number of hydrogen-bond donors (Lipinski definition) is 2. The van der Waals surface area contributed by atoms with Gasteiger partial charge in [-0.25, -0.2) is 4.79 Å². The molecule has 0 aliphatic carbocycles. The van der Waals surface area contributed by atoms with E-state index in [1.54, 1.807) is 0 Å². The van der Waals surface area contributed by atoms with Crippen molar-refractivity contribution in [2.24, 2.45) is 0 Å². The van der Waals surface area contributed by atoms with Gasteiger partial charge in [0, 0.05) is 32.0 Å². The Bertz CT molecular complexity index is 663. The highest BCUT2D eigenvalue weighted by atomic mass is 16.2. The van der Waals surface area contributed by atoms with Gasteiger partial charge in [-0.1, -0.05) is 37.3 Å². The molecule has 2 aromatic rings. The Hall–Kier alpha value is -2.49. The lowest BCUT2D eigenvalue weighted by Gasteiger charge is -2.15. The second kappa shape index (κ2) is 7.68. The second-order valence-corrected chi connectivity index (χ2v) is 5.83. The number of nitrogens with one attached hydrogen (secondary N) is 2. The van der Waals surface area contributed by atoms with Crippen molar-refractivity contribution in [1.82, 2.24) is 5.32 Å². The predicted octanol–water partition coefficient (Wildman–Crippen LogP) is 3.95. The zero-order valence-corrected chi connectivity index (χ0v) is 14.3. The standard InChI is InChI=1S/C19H25N3O/c1-5-16-8-6-7-14(2)18(16)21-19(23)20-13-15-9-11-17(12-10-15)22(3)4/h6-12H,5,13H2,1-4H3,(H2,20,21,23). The molecule has 0 atom stereocenters. The number of aryl methyl sites for hydroxylation is 2. The van der Waals surface area contributed by atoms with Crippen molar-refractivity contribution in [2.75, 3.05) is 24.3 Å². The maximum atomic E-state index is 12.2. The van der Waals surface area contributed by atoms with Gasteiger partial charge >= 0.3 is 6.03 Å². The van der Waals surface area contributed by atoms with Crippen LogP contribution in [0.1, 0.15) is 23.6 Å². The maximum absolute atomic E-state index is 12.2. The number of rotatable bonds is 5. The summed E-state index contributed by atoms with van der Waals surface area (Å²) in [4.78, 5) is 14.2. The van der Waals surface area contributed by atoms with Gasteiger partial charge < -0.3 is 15.5 Å². The smallest absolute Gasteiger partial charge is 0.319 e. The molecule has 0 aliphatic rings. The zero-order valence-electron chi connectivity index (χ0n) is 14.3. The van der Waals surface area contributed by atoms with Crippen LogP contribution in [0.5, 0.6) is 0 Å². The van der Waals surface area contributed by atoms with Crippen LogP contribution in [0.3, 0.4) is 0 Å². The van der Waals surface area contributed by atoms with Crippen molar-refractivity contribution in [2.45, 2.75) is 26.8 Å². The van der Waals surface area contributed by atoms with Crippen molar-refractivity contribution in [3.63, 3.8) is 0 Å². The van der Waals surface area contributed by atoms with E-state index in [0.717, 1.165) is 34.5 Å². The number of urea groups is 1. The van der Waals surface area contributed by atoms with Crippen molar-refractivity contribution >= 4 is 17.4 Å². The minimum absolute atomic E-state index is 0.175. The molecule has 2 rings (SSSR count). The summed E-state index contributed by atoms with van der Waals surface area (Å²) >= 11 is 0. The third-order valence-electron chi connectivity index (χ3n) is 3.88. The van der Waals surface area contributed by atoms with Crippen LogP contribution in [-0.4, -0.2) is 20.1 Å². The maximum Gasteiger partial charge on any atom is 0.319 e. The van der Waals surface area contributed by atoms with Crippen LogP contribution in [0, 0.1) is 6.92 Å². The van der Waals surface area contributed by atoms with E-state index in [-0.39, 0.29) is 6.03 Å². The SMILES string of the molecule is CCc1cccc(C)c1NC(=O)NCc1ccc(N(C)C)cc1. The van der Waals surface area contributed by atoms with Gasteiger partial charge in [0.2, 0.25) is 0 Å². The third-order valence-corrected chi connectivity index (χ3v) is 3.88. The Balaban J connectivity index is 1.95. The lowest BCUT2D eigenvalue weighted by Crippen LogP contribution is -2.29. The van der Waals surface area contributed by atoms with Crippen LogP contribution in [0.15, 0.2) is 42.5 Å². The van der Waals surface area contributed by atoms with E-state index in [1.165, 1.54) is 0 Å². The van der Waals surface area contributed by atoms with E-state index in [4.69, 9.17) is 0 Å². The highest BCUT2D eigenvalue weighted by Crippen LogP contribution is 2.20. The molecule has 4 nitrogen and oxygen atoms in total. The molecule has 0 saturated heterocycles. The first-order valence-electron chi connectivity index (χ1n) is 7.91. The fraction of sp³-hybridized carbons (Fsp3) is 0.316. The molecule has 2 N–H and O–H groups in total. The number of para-hydroxylation sites is 1. The van der Waals surface area contributed by atoms with Crippen molar-refractivity contribution in [1.29, 1.82) is 0 Å². The summed E-state index contributed by atoms with van der Waals surface area (Å²) in [7, 11) is 4.02. The first-order chi connectivity index (χ1) is 11.0. The molecular weight excluding hydrogens is 286 g/mol. The van der Waals surface area contributed by atoms with Crippen LogP contribution in [0.2, 0.25) is 0 Å². The Morgan fingerprint density at radius 2 is 1.78 bits per heavy atom. The van der Waals surface area contributed by atoms with E-state index in [2.05, 4.69) is 17.6 Å². The van der Waals surface area contributed by atoms with E-state index >= 15 is 0 Å². The normalized spacial score (nSPS) is 10.3. The highest BCUT2D eigenvalue weighted by molar-refractivity contribution is 5.91. The molecule has 0 saturated carbocycles. The fourth-order valence-corrected chi connectivity index (χ4v) is 2.45. The Kier molecular flexibility index (Phi) is 5.63. The topological polar surface area (TPSA) is 44.4 Å². The lowest BCUT2D eigenvalue weighted by atomic mass is 10.1. The molecule has 0 aliphatic heterocycles. The molecule has 4 heteroatoms. The summed E-state index contributed by atoms with van der Waals surface area (Å²) in [5, 5.41) is 5.88. The molecule has 2 aromatic carbocycles. The molecule has 23 heavy (non-hydrogen) atoms. The van der Waals surface area contributed by atoms with Gasteiger partial charge in [-0.3, -0.25) is 0 Å². The number of carbonyl (C=O) groups excluding carboxylic acids is 1. The zero-order chi connectivity index (χ0) is 16.8. The molecule has 0 spiro atoms. The van der Waals surface area contributed by atoms with Gasteiger partial charge in [-0.2, -0.15) is 0 Å². The van der Waals surface area contributed by atoms with Gasteiger partial charge in [0.25, 0.3) is 0 Å². The molecule has 0 bridgehead atoms. The molecular formula is C19H25N3O. The van der Waals surface area contributed by atoms with Crippen LogP contribution >= 0.6 is 0 Å². The first-order valence-corrected chi connectivity index (χ1v) is 7.91. The van der Waals surface area contributed by atoms with Gasteiger partial charge in [-0.15, -0.1) is 0 Å². The Morgan fingerprint density at radius 3 is 2.39 bits per heavy atom. The number of amides is 2. The molecule has 122 valence electrons. The minimum Gasteiger partial charge on any atom is -0.378 e. The largest absolute Gasteiger partial charge is 0.378 e. The Labute approximate surface area is 138 Å². The third kappa shape index (κ3) is 4.49. The monoisotopic (exact) mass is 311 g/mol. The highest BCUT2D eigenvalue weighted by Gasteiger charge is 2.08. The number of nitrogens with zero attached hydrogens (tertiary/aromatic N) is 1. The summed E-state index contributed by atoms with van der Waals surface area (Å²) < 4.78 is 0. The van der Waals surface area contributed by atoms with E-state index in [0.29, 0.717) is 6.54 Å². The van der Waals surface area contributed by atoms with Crippen LogP contribution in [-0.2, 0) is 13.0 Å². The molecule has 0 aromatic heterocycles. The molecule has 2 amide bonds. The fourth-order valence-electron chi connectivity index (χ4n) is 2.45. The molecule has 0 radical (unpaired) electrons. The summed E-state index contributed by atoms with van der Waals surface area (Å²) in [6.07, 6.45) is 0.892. The Morgan fingerprint density at radius 1 is 1.09 bits per heavy atom. The minimum atomic E-state index is -0.175. The summed E-state index contributed by atoms with van der Waals surface area (Å²) in [6, 6.07) is 14.0. The van der Waals surface area contributed by atoms with Crippen LogP contribution < -0.4 is 15.5 Å². The first kappa shape index (κ1) is 16.9. The van der Waals surface area contributed by atoms with Gasteiger partial charge in [0.05, 0.1) is 0 Å². The quantitative estimate of drug-likeness (QED) is 0.878. The lowest BCUT2D eigenvalue weighted by molar-refractivity contribution is 0.251. The second-order valence-electron chi connectivity index (χ2n) is 5.83. The number of carbonyl (C=O) groups is 1. The molecule has 0 fully saturated rings. The number of anilines is 2. The van der Waals surface area contributed by atoms with Crippen LogP contribution in [0.25, 0.3) is 0 Å². The van der Waals surface area contributed by atoms with E-state index < -0.39 is 0 Å². The van der Waals surface area contributed by atoms with Crippen molar-refractivity contribution in [3.8, 4) is 0 Å². The van der Waals surface area contributed by atoms with Gasteiger partial charge in [0.1, 0.15) is 0 Å². The van der Waals surface area contributed by atoms with E-state index in [1.807, 2.05) is 68.4 Å². The number of benzene rings is 2. The summed E-state index contributed by atoms with van der Waals surface area (Å²) in [5.41, 5.74) is 5.36. The number of hydrogen-bond acceptors (Lipinski definition) is 2. The molecule has 0 heterocycles. The van der Waals surface area contributed by atoms with Crippen molar-refractivity contribution < 1.29 is 4.79 Å². The molecule has 0 unspecified atom stereocenters. The average molecular weight is 311 g/mol.